The van der Waals surface area contributed by atoms with E-state index in [2.05, 4.69) is 26.4 Å². The molecular weight excluding hydrogens is 353 g/mol. The molecule has 0 atom stereocenters. The van der Waals surface area contributed by atoms with Gasteiger partial charge in [-0.1, -0.05) is 48.3 Å². The van der Waals surface area contributed by atoms with Crippen LogP contribution in [0.3, 0.4) is 0 Å². The molecule has 2 N–H and O–H groups in total. The fourth-order valence-corrected chi connectivity index (χ4v) is 3.49. The van der Waals surface area contributed by atoms with Crippen molar-refractivity contribution in [3.05, 3.63) is 34.6 Å². The molecule has 0 saturated heterocycles. The summed E-state index contributed by atoms with van der Waals surface area (Å²) in [5, 5.41) is 1.87. The van der Waals surface area contributed by atoms with Crippen molar-refractivity contribution in [2.75, 3.05) is 5.73 Å². The lowest BCUT2D eigenvalue weighted by atomic mass is 10.3. The first-order valence-corrected chi connectivity index (χ1v) is 8.77. The molecule has 120 valence electrons. The van der Waals surface area contributed by atoms with Crippen LogP contribution in [0, 0.1) is 0 Å². The molecule has 0 bridgehead atoms. The summed E-state index contributed by atoms with van der Waals surface area (Å²) in [7, 11) is 0. The first-order valence-electron chi connectivity index (χ1n) is 7.19. The Balaban J connectivity index is 2.04. The zero-order chi connectivity index (χ0) is 16.4. The Kier molecular flexibility index (Phi) is 4.94. The Morgan fingerprint density at radius 2 is 2.04 bits per heavy atom. The largest absolute Gasteiger partial charge is 0.382 e. The summed E-state index contributed by atoms with van der Waals surface area (Å²) in [6, 6.07) is 5.52. The molecular formula is C15H15Cl2N5S. The van der Waals surface area contributed by atoms with Gasteiger partial charge in [-0.25, -0.2) is 15.0 Å². The Hall–Kier alpha value is -1.50. The van der Waals surface area contributed by atoms with Gasteiger partial charge in [-0.15, -0.1) is 0 Å². The van der Waals surface area contributed by atoms with Crippen molar-refractivity contribution in [3.63, 3.8) is 0 Å². The van der Waals surface area contributed by atoms with Gasteiger partial charge in [-0.2, -0.15) is 0 Å². The van der Waals surface area contributed by atoms with Crippen molar-refractivity contribution < 1.29 is 0 Å². The number of hydrogen-bond acceptors (Lipinski definition) is 5. The topological polar surface area (TPSA) is 69.6 Å². The minimum Gasteiger partial charge on any atom is -0.382 e. The van der Waals surface area contributed by atoms with Crippen LogP contribution in [0.15, 0.2) is 34.6 Å². The van der Waals surface area contributed by atoms with Gasteiger partial charge in [0.05, 0.1) is 10.0 Å². The highest BCUT2D eigenvalue weighted by Crippen LogP contribution is 2.34. The minimum atomic E-state index is 0.390. The molecule has 0 aliphatic heterocycles. The summed E-state index contributed by atoms with van der Waals surface area (Å²) in [6.45, 7) is 2.97. The molecule has 3 aromatic rings. The average Bonchev–Trinajstić information content (AvgIpc) is 2.88. The van der Waals surface area contributed by atoms with Gasteiger partial charge in [0, 0.05) is 11.4 Å². The van der Waals surface area contributed by atoms with Crippen LogP contribution in [0.25, 0.3) is 11.2 Å². The molecule has 0 aliphatic carbocycles. The Morgan fingerprint density at radius 3 is 2.78 bits per heavy atom. The summed E-state index contributed by atoms with van der Waals surface area (Å²) in [4.78, 5) is 13.9. The number of benzene rings is 1. The number of aryl methyl sites for hydroxylation is 1. The molecule has 3 rings (SSSR count). The zero-order valence-corrected chi connectivity index (χ0v) is 14.8. The first kappa shape index (κ1) is 16.4. The van der Waals surface area contributed by atoms with E-state index in [1.54, 1.807) is 6.07 Å². The Morgan fingerprint density at radius 1 is 1.22 bits per heavy atom. The number of aromatic nitrogens is 4. The van der Waals surface area contributed by atoms with Crippen molar-refractivity contribution in [2.45, 2.75) is 36.4 Å². The summed E-state index contributed by atoms with van der Waals surface area (Å²) < 4.78 is 2.07. The van der Waals surface area contributed by atoms with Crippen LogP contribution in [0.1, 0.15) is 19.8 Å². The third-order valence-corrected chi connectivity index (χ3v) is 5.08. The first-order chi connectivity index (χ1) is 11.1. The van der Waals surface area contributed by atoms with Crippen LogP contribution in [0.5, 0.6) is 0 Å². The number of hydrogen-bond donors (Lipinski definition) is 1. The number of fused-ring (bicyclic) bond motifs is 1. The van der Waals surface area contributed by atoms with Crippen molar-refractivity contribution in [1.82, 2.24) is 19.5 Å². The Bertz CT molecular complexity index is 849. The average molecular weight is 368 g/mol. The SMILES string of the molecule is CCCCn1c(Sc2ccc(Cl)c(Cl)c2)nc2c(N)ncnc21. The predicted octanol–water partition coefficient (Wildman–Crippen LogP) is 4.67. The molecule has 1 aromatic carbocycles. The van der Waals surface area contributed by atoms with Crippen LogP contribution >= 0.6 is 35.0 Å². The van der Waals surface area contributed by atoms with E-state index < -0.39 is 0 Å². The van der Waals surface area contributed by atoms with Gasteiger partial charge >= 0.3 is 0 Å². The lowest BCUT2D eigenvalue weighted by Crippen LogP contribution is -2.01. The summed E-state index contributed by atoms with van der Waals surface area (Å²) >= 11 is 13.6. The highest BCUT2D eigenvalue weighted by atomic mass is 35.5. The number of anilines is 1. The highest BCUT2D eigenvalue weighted by Gasteiger charge is 2.16. The smallest absolute Gasteiger partial charge is 0.175 e. The standard InChI is InChI=1S/C15H15Cl2N5S/c1-2-3-6-22-14-12(13(18)19-8-20-14)21-15(22)23-9-4-5-10(16)11(17)7-9/h4-5,7-8H,2-3,6H2,1H3,(H2,18,19,20). The van der Waals surface area contributed by atoms with Crippen LogP contribution in [-0.4, -0.2) is 19.5 Å². The van der Waals surface area contributed by atoms with Gasteiger partial charge in [0.2, 0.25) is 0 Å². The lowest BCUT2D eigenvalue weighted by molar-refractivity contribution is 0.598. The maximum absolute atomic E-state index is 6.09. The maximum Gasteiger partial charge on any atom is 0.175 e. The highest BCUT2D eigenvalue weighted by molar-refractivity contribution is 7.99. The van der Waals surface area contributed by atoms with E-state index in [1.165, 1.54) is 18.1 Å². The lowest BCUT2D eigenvalue weighted by Gasteiger charge is -2.08. The summed E-state index contributed by atoms with van der Waals surface area (Å²) in [5.74, 6) is 0.390. The number of nitrogen functional groups attached to an aromatic ring is 1. The molecule has 23 heavy (non-hydrogen) atoms. The number of imidazole rings is 1. The van der Waals surface area contributed by atoms with E-state index in [4.69, 9.17) is 28.9 Å². The molecule has 0 unspecified atom stereocenters. The van der Waals surface area contributed by atoms with E-state index in [0.29, 0.717) is 21.4 Å². The van der Waals surface area contributed by atoms with Gasteiger partial charge in [-0.3, -0.25) is 0 Å². The van der Waals surface area contributed by atoms with E-state index in [-0.39, 0.29) is 0 Å². The van der Waals surface area contributed by atoms with E-state index in [1.807, 2.05) is 12.1 Å². The quantitative estimate of drug-likeness (QED) is 0.709. The molecule has 0 radical (unpaired) electrons. The van der Waals surface area contributed by atoms with E-state index >= 15 is 0 Å². The second-order valence-corrected chi connectivity index (χ2v) is 6.86. The number of nitrogens with zero attached hydrogens (tertiary/aromatic N) is 4. The maximum atomic E-state index is 6.09. The van der Waals surface area contributed by atoms with Crippen molar-refractivity contribution in [2.24, 2.45) is 0 Å². The summed E-state index contributed by atoms with van der Waals surface area (Å²) in [6.07, 6.45) is 3.58. The molecule has 2 aromatic heterocycles. The van der Waals surface area contributed by atoms with Crippen molar-refractivity contribution in [1.29, 1.82) is 0 Å². The van der Waals surface area contributed by atoms with Crippen LogP contribution in [0.2, 0.25) is 10.0 Å². The van der Waals surface area contributed by atoms with Crippen LogP contribution in [-0.2, 0) is 6.54 Å². The number of unbranched alkanes of at least 4 members (excludes halogenated alkanes) is 1. The predicted molar refractivity (Wildman–Crippen MR) is 95.2 cm³/mol. The van der Waals surface area contributed by atoms with Gasteiger partial charge in [0.15, 0.2) is 22.1 Å². The fourth-order valence-electron chi connectivity index (χ4n) is 2.18. The third-order valence-electron chi connectivity index (χ3n) is 3.36. The number of halogens is 2. The molecule has 0 amide bonds. The number of rotatable bonds is 5. The van der Waals surface area contributed by atoms with Crippen molar-refractivity contribution >= 4 is 51.9 Å². The third kappa shape index (κ3) is 3.39. The fraction of sp³-hybridized carbons (Fsp3) is 0.267. The molecule has 2 heterocycles. The summed E-state index contributed by atoms with van der Waals surface area (Å²) in [5.41, 5.74) is 7.32. The molecule has 0 saturated carbocycles. The monoisotopic (exact) mass is 367 g/mol. The van der Waals surface area contributed by atoms with Gasteiger partial charge in [0.25, 0.3) is 0 Å². The molecule has 0 aliphatic rings. The Labute approximate surface area is 148 Å². The number of nitrogens with two attached hydrogens (primary N) is 1. The second-order valence-electron chi connectivity index (χ2n) is 5.01. The normalized spacial score (nSPS) is 11.3. The van der Waals surface area contributed by atoms with E-state index in [0.717, 1.165) is 35.1 Å². The van der Waals surface area contributed by atoms with E-state index in [9.17, 15) is 0 Å². The molecule has 5 nitrogen and oxygen atoms in total. The minimum absolute atomic E-state index is 0.390. The van der Waals surface area contributed by atoms with Gasteiger partial charge < -0.3 is 10.3 Å². The van der Waals surface area contributed by atoms with Gasteiger partial charge in [-0.05, 0) is 24.6 Å². The zero-order valence-electron chi connectivity index (χ0n) is 12.5. The van der Waals surface area contributed by atoms with Crippen LogP contribution < -0.4 is 5.73 Å². The second kappa shape index (κ2) is 6.95. The van der Waals surface area contributed by atoms with Gasteiger partial charge in [0.1, 0.15) is 6.33 Å². The van der Waals surface area contributed by atoms with Crippen molar-refractivity contribution in [3.8, 4) is 0 Å². The molecule has 8 heteroatoms. The molecule has 0 fully saturated rings. The van der Waals surface area contributed by atoms with Crippen LogP contribution in [0.4, 0.5) is 5.82 Å². The molecule has 0 spiro atoms.